The van der Waals surface area contributed by atoms with Crippen LogP contribution in [0.15, 0.2) is 0 Å². The van der Waals surface area contributed by atoms with Gasteiger partial charge in [0, 0.05) is 0 Å². The predicted octanol–water partition coefficient (Wildman–Crippen LogP) is -0.0837. The van der Waals surface area contributed by atoms with E-state index in [2.05, 4.69) is 21.9 Å². The summed E-state index contributed by atoms with van der Waals surface area (Å²) in [4.78, 5) is 0. The van der Waals surface area contributed by atoms with Crippen LogP contribution in [0.3, 0.4) is 0 Å². The number of hydrogen-bond acceptors (Lipinski definition) is 2. The summed E-state index contributed by atoms with van der Waals surface area (Å²) in [5.74, 6) is 0. The molecule has 8 heavy (non-hydrogen) atoms. The molecule has 3 radical (unpaired) electrons. The van der Waals surface area contributed by atoms with Crippen molar-refractivity contribution in [3.8, 4) is 0 Å². The smallest absolute Gasteiger partial charge is 0.0781 e. The average molecular weight is 129 g/mol. The second-order valence-corrected chi connectivity index (χ2v) is 2.61. The Morgan fingerprint density at radius 1 is 1.38 bits per heavy atom. The maximum Gasteiger partial charge on any atom is 0.0781 e. The highest BCUT2D eigenvalue weighted by atomic mass is 28.1. The minimum Gasteiger partial charge on any atom is -0.378 e. The first kappa shape index (κ1) is 6.26. The van der Waals surface area contributed by atoms with Crippen molar-refractivity contribution in [2.45, 2.75) is 18.8 Å². The number of hydrogen-bond donors (Lipinski definition) is 0. The maximum atomic E-state index is 4.71. The van der Waals surface area contributed by atoms with E-state index in [0.717, 1.165) is 13.2 Å². The Morgan fingerprint density at radius 3 is 1.62 bits per heavy atom. The Morgan fingerprint density at radius 2 is 1.62 bits per heavy atom. The summed E-state index contributed by atoms with van der Waals surface area (Å²) in [7, 11) is 3.20. The largest absolute Gasteiger partial charge is 0.378 e. The molecule has 2 heterocycles. The lowest BCUT2D eigenvalue weighted by molar-refractivity contribution is 0.423. The van der Waals surface area contributed by atoms with E-state index in [1.807, 2.05) is 0 Å². The Labute approximate surface area is 52.6 Å². The van der Waals surface area contributed by atoms with Gasteiger partial charge in [0.1, 0.15) is 0 Å². The van der Waals surface area contributed by atoms with E-state index in [1.54, 1.807) is 0 Å². The molecular formula is C5H9O2Si. The van der Waals surface area contributed by atoms with Gasteiger partial charge in [-0.25, -0.2) is 0 Å². The van der Waals surface area contributed by atoms with Gasteiger partial charge >= 0.3 is 0 Å². The molecular weight excluding hydrogens is 120 g/mol. The van der Waals surface area contributed by atoms with Crippen molar-refractivity contribution < 1.29 is 9.47 Å². The lowest BCUT2D eigenvalue weighted by Gasteiger charge is -1.50. The van der Waals surface area contributed by atoms with Crippen molar-refractivity contribution in [3.63, 3.8) is 0 Å². The van der Waals surface area contributed by atoms with Crippen molar-refractivity contribution in [2.24, 2.45) is 0 Å². The van der Waals surface area contributed by atoms with Crippen LogP contribution in [0, 0.1) is 0 Å². The monoisotopic (exact) mass is 129 g/mol. The van der Waals surface area contributed by atoms with Crippen LogP contribution < -0.4 is 0 Å². The van der Waals surface area contributed by atoms with Gasteiger partial charge in [0.15, 0.2) is 0 Å². The molecule has 0 spiro atoms. The Balaban J connectivity index is 0.0000000800. The van der Waals surface area contributed by atoms with Gasteiger partial charge in [-0.3, -0.25) is 0 Å². The first-order chi connectivity index (χ1) is 3.79. The molecule has 0 aromatic rings. The SMILES string of the molecule is CC1CO1.[Si]C1CO1. The highest BCUT2D eigenvalue weighted by molar-refractivity contribution is 6.12. The van der Waals surface area contributed by atoms with Gasteiger partial charge in [-0.15, -0.1) is 0 Å². The van der Waals surface area contributed by atoms with E-state index in [0.29, 0.717) is 11.8 Å². The molecule has 0 amide bonds. The molecule has 2 aliphatic heterocycles. The molecule has 0 aliphatic carbocycles. The zero-order chi connectivity index (χ0) is 5.98. The van der Waals surface area contributed by atoms with E-state index < -0.39 is 0 Å². The fourth-order valence-electron chi connectivity index (χ4n) is 0.144. The Kier molecular flexibility index (Phi) is 2.05. The molecule has 2 nitrogen and oxygen atoms in total. The molecule has 2 fully saturated rings. The molecule has 0 N–H and O–H groups in total. The zero-order valence-corrected chi connectivity index (χ0v) is 5.89. The van der Waals surface area contributed by atoms with Gasteiger partial charge in [-0.05, 0) is 6.92 Å². The third kappa shape index (κ3) is 4.30. The predicted molar refractivity (Wildman–Crippen MR) is 30.9 cm³/mol. The highest BCUT2D eigenvalue weighted by Gasteiger charge is 2.13. The fourth-order valence-corrected chi connectivity index (χ4v) is 0.241. The molecule has 2 unspecified atom stereocenters. The van der Waals surface area contributed by atoms with E-state index in [9.17, 15) is 0 Å². The van der Waals surface area contributed by atoms with Gasteiger partial charge < -0.3 is 9.47 Å². The standard InChI is InChI=1S/C3H6O.C2H3OSi/c1-3-2-4-3;4-2-1-3-2/h3H,2H2,1H3;2H,1H2. The summed E-state index contributed by atoms with van der Waals surface area (Å²) >= 11 is 0. The molecule has 2 aliphatic rings. The quantitative estimate of drug-likeness (QED) is 0.337. The van der Waals surface area contributed by atoms with E-state index >= 15 is 0 Å². The summed E-state index contributed by atoms with van der Waals surface area (Å²) < 4.78 is 9.33. The summed E-state index contributed by atoms with van der Waals surface area (Å²) in [5, 5.41) is 0. The van der Waals surface area contributed by atoms with Crippen molar-refractivity contribution >= 4 is 10.2 Å². The molecule has 2 atom stereocenters. The molecule has 0 aromatic heterocycles. The fraction of sp³-hybridized carbons (Fsp3) is 1.00. The first-order valence-corrected chi connectivity index (χ1v) is 3.31. The Bertz CT molecular complexity index is 58.8. The average Bonchev–Trinajstić information content (AvgIpc) is 2.47. The molecule has 0 bridgehead atoms. The second-order valence-electron chi connectivity index (χ2n) is 1.97. The maximum absolute atomic E-state index is 4.71. The van der Waals surface area contributed by atoms with Crippen molar-refractivity contribution in [2.75, 3.05) is 13.2 Å². The molecule has 2 saturated heterocycles. The summed E-state index contributed by atoms with van der Waals surface area (Å²) in [6.45, 7) is 3.94. The number of ether oxygens (including phenoxy) is 2. The van der Waals surface area contributed by atoms with Gasteiger partial charge in [-0.1, -0.05) is 0 Å². The summed E-state index contributed by atoms with van der Waals surface area (Å²) in [6.07, 6.45) is 0.583. The lowest BCUT2D eigenvalue weighted by Crippen LogP contribution is -1.72. The molecule has 2 rings (SSSR count). The van der Waals surface area contributed by atoms with Gasteiger partial charge in [0.25, 0.3) is 0 Å². The molecule has 0 aromatic carbocycles. The lowest BCUT2D eigenvalue weighted by atomic mass is 10.6. The van der Waals surface area contributed by atoms with Gasteiger partial charge in [0.05, 0.1) is 35.3 Å². The van der Waals surface area contributed by atoms with Crippen molar-refractivity contribution in [1.82, 2.24) is 0 Å². The van der Waals surface area contributed by atoms with Crippen LogP contribution in [0.2, 0.25) is 0 Å². The highest BCUT2D eigenvalue weighted by Crippen LogP contribution is 2.04. The van der Waals surface area contributed by atoms with Crippen LogP contribution in [-0.4, -0.2) is 35.3 Å². The van der Waals surface area contributed by atoms with Crippen LogP contribution in [0.1, 0.15) is 6.92 Å². The molecule has 0 saturated carbocycles. The first-order valence-electron chi connectivity index (χ1n) is 2.73. The van der Waals surface area contributed by atoms with Crippen molar-refractivity contribution in [1.29, 1.82) is 0 Å². The topological polar surface area (TPSA) is 25.1 Å². The number of epoxide rings is 2. The third-order valence-electron chi connectivity index (χ3n) is 0.833. The van der Waals surface area contributed by atoms with E-state index in [1.165, 1.54) is 0 Å². The van der Waals surface area contributed by atoms with Crippen LogP contribution in [0.4, 0.5) is 0 Å². The third-order valence-corrected chi connectivity index (χ3v) is 1.17. The molecule has 3 heteroatoms. The van der Waals surface area contributed by atoms with Gasteiger partial charge in [0.2, 0.25) is 0 Å². The minimum absolute atomic E-state index is 0.389. The van der Waals surface area contributed by atoms with Crippen LogP contribution in [-0.2, 0) is 9.47 Å². The van der Waals surface area contributed by atoms with Crippen LogP contribution in [0.5, 0.6) is 0 Å². The zero-order valence-electron chi connectivity index (χ0n) is 4.89. The van der Waals surface area contributed by atoms with E-state index in [4.69, 9.17) is 4.74 Å². The minimum atomic E-state index is 0.389. The number of rotatable bonds is 0. The Hall–Kier alpha value is 0.137. The normalized spacial score (nSPS) is 39.8. The summed E-state index contributed by atoms with van der Waals surface area (Å²) in [6, 6.07) is 0. The second kappa shape index (κ2) is 2.62. The van der Waals surface area contributed by atoms with Gasteiger partial charge in [-0.2, -0.15) is 0 Å². The van der Waals surface area contributed by atoms with Crippen LogP contribution in [0.25, 0.3) is 0 Å². The summed E-state index contributed by atoms with van der Waals surface area (Å²) in [5.41, 5.74) is 0.389. The molecule has 45 valence electrons. The van der Waals surface area contributed by atoms with E-state index in [-0.39, 0.29) is 0 Å². The van der Waals surface area contributed by atoms with Crippen molar-refractivity contribution in [3.05, 3.63) is 0 Å². The van der Waals surface area contributed by atoms with Crippen LogP contribution >= 0.6 is 0 Å².